The number of hydrogen-bond acceptors (Lipinski definition) is 4. The van der Waals surface area contributed by atoms with Crippen LogP contribution in [-0.4, -0.2) is 50.0 Å². The Hall–Kier alpha value is -2.95. The summed E-state index contributed by atoms with van der Waals surface area (Å²) in [5, 5.41) is 13.1. The van der Waals surface area contributed by atoms with E-state index >= 15 is 0 Å². The molecule has 0 radical (unpaired) electrons. The number of fused-ring (bicyclic) bond motifs is 1. The van der Waals surface area contributed by atoms with Gasteiger partial charge in [0.25, 0.3) is 5.91 Å². The van der Waals surface area contributed by atoms with Crippen molar-refractivity contribution in [3.05, 3.63) is 51.6 Å². The van der Waals surface area contributed by atoms with Gasteiger partial charge < -0.3 is 10.0 Å². The molecule has 1 N–H and O–H groups in total. The summed E-state index contributed by atoms with van der Waals surface area (Å²) < 4.78 is 58.8. The van der Waals surface area contributed by atoms with E-state index in [-0.39, 0.29) is 48.5 Å². The smallest absolute Gasteiger partial charge is 0.433 e. The van der Waals surface area contributed by atoms with Gasteiger partial charge in [0.05, 0.1) is 34.8 Å². The molecule has 3 saturated carbocycles. The van der Waals surface area contributed by atoms with E-state index in [2.05, 4.69) is 18.9 Å². The fourth-order valence-corrected chi connectivity index (χ4v) is 7.57. The summed E-state index contributed by atoms with van der Waals surface area (Å²) in [5.74, 6) is -2.88. The second-order valence-corrected chi connectivity index (χ2v) is 13.4. The SMILES string of the molecule is Cc1ccc(F)c(Cl)c1C(=O)CN(C(=O)c1cnn(C2CCC(C)(C(=O)O)CC2)c1C(F)(F)F)C1C[C@@H]2[C@H](C1)C2(C)C. The van der Waals surface area contributed by atoms with Gasteiger partial charge in [0.1, 0.15) is 5.82 Å². The molecule has 3 fully saturated rings. The molecule has 1 amide bonds. The highest BCUT2D eigenvalue weighted by molar-refractivity contribution is 6.34. The van der Waals surface area contributed by atoms with E-state index in [1.165, 1.54) is 11.0 Å². The Bertz CT molecular complexity index is 1430. The van der Waals surface area contributed by atoms with E-state index in [0.717, 1.165) is 16.9 Å². The maximum absolute atomic E-state index is 14.6. The third kappa shape index (κ3) is 5.11. The molecular weight excluding hydrogens is 578 g/mol. The lowest BCUT2D eigenvalue weighted by atomic mass is 9.74. The molecular formula is C30H34ClF4N3O4. The normalized spacial score (nSPS) is 28.3. The number of amides is 1. The average Bonchev–Trinajstić information content (AvgIpc) is 3.33. The number of rotatable bonds is 7. The van der Waals surface area contributed by atoms with Crippen LogP contribution in [0.15, 0.2) is 18.3 Å². The highest BCUT2D eigenvalue weighted by Crippen LogP contribution is 2.67. The molecule has 42 heavy (non-hydrogen) atoms. The van der Waals surface area contributed by atoms with Crippen LogP contribution in [0, 0.1) is 35.4 Å². The number of aryl methyl sites for hydroxylation is 1. The van der Waals surface area contributed by atoms with E-state index in [1.54, 1.807) is 13.8 Å². The summed E-state index contributed by atoms with van der Waals surface area (Å²) in [4.78, 5) is 40.3. The minimum Gasteiger partial charge on any atom is -0.481 e. The van der Waals surface area contributed by atoms with Crippen LogP contribution in [-0.2, 0) is 11.0 Å². The summed E-state index contributed by atoms with van der Waals surface area (Å²) in [6.45, 7) is 6.80. The lowest BCUT2D eigenvalue weighted by Crippen LogP contribution is -2.44. The second kappa shape index (κ2) is 10.3. The van der Waals surface area contributed by atoms with Gasteiger partial charge in [-0.3, -0.25) is 19.1 Å². The number of Topliss-reactive ketones (excluding diaryl/α,β-unsaturated/α-hetero) is 1. The van der Waals surface area contributed by atoms with Gasteiger partial charge in [0, 0.05) is 11.6 Å². The van der Waals surface area contributed by atoms with Crippen LogP contribution in [0.3, 0.4) is 0 Å². The number of halogens is 5. The van der Waals surface area contributed by atoms with Crippen LogP contribution in [0.5, 0.6) is 0 Å². The fourth-order valence-electron chi connectivity index (χ4n) is 7.25. The first-order chi connectivity index (χ1) is 19.5. The summed E-state index contributed by atoms with van der Waals surface area (Å²) in [7, 11) is 0. The van der Waals surface area contributed by atoms with Gasteiger partial charge in [-0.25, -0.2) is 4.39 Å². The highest BCUT2D eigenvalue weighted by atomic mass is 35.5. The van der Waals surface area contributed by atoms with Crippen molar-refractivity contribution in [1.29, 1.82) is 0 Å². The third-order valence-corrected chi connectivity index (χ3v) is 10.5. The lowest BCUT2D eigenvalue weighted by Gasteiger charge is -2.35. The van der Waals surface area contributed by atoms with Crippen molar-refractivity contribution in [2.45, 2.75) is 84.5 Å². The fraction of sp³-hybridized carbons (Fsp3) is 0.600. The first-order valence-corrected chi connectivity index (χ1v) is 14.5. The number of alkyl halides is 3. The van der Waals surface area contributed by atoms with Crippen molar-refractivity contribution >= 4 is 29.3 Å². The van der Waals surface area contributed by atoms with Gasteiger partial charge in [0.15, 0.2) is 11.5 Å². The molecule has 12 heteroatoms. The molecule has 0 spiro atoms. The molecule has 3 aliphatic carbocycles. The Morgan fingerprint density at radius 2 is 1.71 bits per heavy atom. The van der Waals surface area contributed by atoms with Crippen LogP contribution in [0.25, 0.3) is 0 Å². The number of carbonyl (C=O) groups excluding carboxylic acids is 2. The molecule has 1 heterocycles. The highest BCUT2D eigenvalue weighted by Gasteiger charge is 2.63. The van der Waals surface area contributed by atoms with Gasteiger partial charge in [-0.05, 0) is 81.3 Å². The Morgan fingerprint density at radius 1 is 1.12 bits per heavy atom. The van der Waals surface area contributed by atoms with Gasteiger partial charge in [-0.1, -0.05) is 31.5 Å². The van der Waals surface area contributed by atoms with Crippen molar-refractivity contribution in [2.75, 3.05) is 6.54 Å². The van der Waals surface area contributed by atoms with Crippen molar-refractivity contribution in [3.8, 4) is 0 Å². The number of aromatic nitrogens is 2. The van der Waals surface area contributed by atoms with Crippen molar-refractivity contribution in [2.24, 2.45) is 22.7 Å². The second-order valence-electron chi connectivity index (χ2n) is 13.0. The molecule has 1 unspecified atom stereocenters. The minimum atomic E-state index is -4.94. The maximum atomic E-state index is 14.6. The van der Waals surface area contributed by atoms with E-state index in [1.807, 2.05) is 0 Å². The number of benzene rings is 1. The van der Waals surface area contributed by atoms with Gasteiger partial charge in [-0.15, -0.1) is 0 Å². The number of aliphatic carboxylic acids is 1. The zero-order chi connectivity index (χ0) is 30.9. The van der Waals surface area contributed by atoms with Crippen molar-refractivity contribution in [1.82, 2.24) is 14.7 Å². The molecule has 228 valence electrons. The van der Waals surface area contributed by atoms with Crippen LogP contribution in [0.1, 0.15) is 97.3 Å². The zero-order valence-electron chi connectivity index (χ0n) is 23.9. The van der Waals surface area contributed by atoms with Crippen LogP contribution in [0.4, 0.5) is 17.6 Å². The van der Waals surface area contributed by atoms with Gasteiger partial charge >= 0.3 is 12.1 Å². The predicted octanol–water partition coefficient (Wildman–Crippen LogP) is 6.97. The van der Waals surface area contributed by atoms with Crippen LogP contribution < -0.4 is 0 Å². The number of ketones is 1. The number of hydrogen-bond donors (Lipinski definition) is 1. The van der Waals surface area contributed by atoms with Crippen molar-refractivity contribution < 1.29 is 37.1 Å². The standard InChI is InChI=1S/C30H34ClF4N3O4/c1-15-5-6-21(32)24(31)23(15)22(39)14-37(17-11-19-20(12-17)28(19,2)3)26(40)18-13-36-38(25(18)30(33,34)35)16-7-9-29(4,10-8-16)27(41)42/h5-6,13,16-17,19-20H,7-12,14H2,1-4H3,(H,41,42)/t16?,17?,19-,20+,29?. The monoisotopic (exact) mass is 611 g/mol. The minimum absolute atomic E-state index is 0.0606. The average molecular weight is 612 g/mol. The predicted molar refractivity (Wildman–Crippen MR) is 146 cm³/mol. The molecule has 0 aliphatic heterocycles. The van der Waals surface area contributed by atoms with E-state index < -0.39 is 70.0 Å². The number of nitrogens with zero attached hydrogens (tertiary/aromatic N) is 3. The number of carboxylic acids is 1. The maximum Gasteiger partial charge on any atom is 0.433 e. The molecule has 0 bridgehead atoms. The number of carbonyl (C=O) groups is 3. The quantitative estimate of drug-likeness (QED) is 0.270. The van der Waals surface area contributed by atoms with E-state index in [0.29, 0.717) is 18.4 Å². The molecule has 7 nitrogen and oxygen atoms in total. The largest absolute Gasteiger partial charge is 0.481 e. The molecule has 3 aliphatic rings. The molecule has 3 atom stereocenters. The molecule has 1 aromatic heterocycles. The Kier molecular flexibility index (Phi) is 7.52. The summed E-state index contributed by atoms with van der Waals surface area (Å²) in [6.07, 6.45) is -2.31. The van der Waals surface area contributed by atoms with E-state index in [4.69, 9.17) is 11.6 Å². The Balaban J connectivity index is 1.49. The Labute approximate surface area is 246 Å². The first kappa shape index (κ1) is 30.5. The summed E-state index contributed by atoms with van der Waals surface area (Å²) >= 11 is 6.12. The number of carboxylic acid groups (broad SMARTS) is 1. The van der Waals surface area contributed by atoms with E-state index in [9.17, 15) is 37.1 Å². The molecule has 0 saturated heterocycles. The summed E-state index contributed by atoms with van der Waals surface area (Å²) in [6, 6.07) is 1.30. The topological polar surface area (TPSA) is 92.5 Å². The lowest BCUT2D eigenvalue weighted by molar-refractivity contribution is -0.152. The zero-order valence-corrected chi connectivity index (χ0v) is 24.7. The molecule has 2 aromatic rings. The van der Waals surface area contributed by atoms with Gasteiger partial charge in [-0.2, -0.15) is 18.3 Å². The molecule has 1 aromatic carbocycles. The Morgan fingerprint density at radius 3 is 2.26 bits per heavy atom. The van der Waals surface area contributed by atoms with Crippen molar-refractivity contribution in [3.63, 3.8) is 0 Å². The van der Waals surface area contributed by atoms with Crippen LogP contribution in [0.2, 0.25) is 5.02 Å². The van der Waals surface area contributed by atoms with Gasteiger partial charge in [0.2, 0.25) is 0 Å². The summed E-state index contributed by atoms with van der Waals surface area (Å²) in [5.41, 5.74) is -2.56. The third-order valence-electron chi connectivity index (χ3n) is 10.2. The molecule has 5 rings (SSSR count). The van der Waals surface area contributed by atoms with Crippen LogP contribution >= 0.6 is 11.6 Å². The first-order valence-electron chi connectivity index (χ1n) is 14.1.